The van der Waals surface area contributed by atoms with Gasteiger partial charge in [-0.05, 0) is 48.4 Å². The summed E-state index contributed by atoms with van der Waals surface area (Å²) in [4.78, 5) is 27.4. The number of amides is 1. The summed E-state index contributed by atoms with van der Waals surface area (Å²) in [6.07, 6.45) is 3.58. The normalized spacial score (nSPS) is 18.8. The van der Waals surface area contributed by atoms with Crippen LogP contribution in [0.15, 0.2) is 35.1 Å². The number of aromatic nitrogens is 1. The second kappa shape index (κ2) is 6.24. The maximum Gasteiger partial charge on any atom is 0.261 e. The van der Waals surface area contributed by atoms with Crippen molar-refractivity contribution in [2.24, 2.45) is 0 Å². The van der Waals surface area contributed by atoms with E-state index < -0.39 is 0 Å². The van der Waals surface area contributed by atoms with E-state index >= 15 is 0 Å². The predicted molar refractivity (Wildman–Crippen MR) is 90.3 cm³/mol. The molecule has 1 aromatic carbocycles. The van der Waals surface area contributed by atoms with Gasteiger partial charge in [-0.1, -0.05) is 24.3 Å². The molecule has 124 valence electrons. The van der Waals surface area contributed by atoms with E-state index in [4.69, 9.17) is 4.74 Å². The average Bonchev–Trinajstić information content (AvgIpc) is 3.06. The number of carbonyl (C=O) groups is 1. The summed E-state index contributed by atoms with van der Waals surface area (Å²) in [5.41, 5.74) is 4.32. The minimum absolute atomic E-state index is 0.160. The standard InChI is InChI=1S/C19H20N2O3/c22-18(15-10-13-5-3-7-16(13)21-19(15)23)20-11-17-14-6-2-1-4-12(14)8-9-24-17/h1-2,4,6,10,17H,3,5,7-9,11H2,(H,20,22)(H,21,23)/t17-/m0/s1. The van der Waals surface area contributed by atoms with Crippen molar-refractivity contribution in [1.82, 2.24) is 10.3 Å². The van der Waals surface area contributed by atoms with Crippen LogP contribution in [0.3, 0.4) is 0 Å². The molecular weight excluding hydrogens is 304 g/mol. The Bertz CT molecular complexity index is 841. The lowest BCUT2D eigenvalue weighted by Gasteiger charge is -2.26. The summed E-state index contributed by atoms with van der Waals surface area (Å²) in [5.74, 6) is -0.336. The lowest BCUT2D eigenvalue weighted by atomic mass is 9.97. The molecule has 1 aromatic heterocycles. The van der Waals surface area contributed by atoms with Gasteiger partial charge in [0.25, 0.3) is 11.5 Å². The molecule has 0 fully saturated rings. The number of H-pyrrole nitrogens is 1. The Morgan fingerprint density at radius 3 is 3.00 bits per heavy atom. The Labute approximate surface area is 140 Å². The highest BCUT2D eigenvalue weighted by molar-refractivity contribution is 5.94. The van der Waals surface area contributed by atoms with Crippen molar-refractivity contribution in [3.8, 4) is 0 Å². The van der Waals surface area contributed by atoms with Gasteiger partial charge < -0.3 is 15.0 Å². The minimum atomic E-state index is -0.336. The first-order valence-electron chi connectivity index (χ1n) is 8.45. The van der Waals surface area contributed by atoms with Crippen molar-refractivity contribution < 1.29 is 9.53 Å². The molecule has 2 aliphatic rings. The van der Waals surface area contributed by atoms with Gasteiger partial charge in [0.1, 0.15) is 11.7 Å². The van der Waals surface area contributed by atoms with Gasteiger partial charge in [0, 0.05) is 12.2 Å². The van der Waals surface area contributed by atoms with Crippen LogP contribution in [-0.4, -0.2) is 24.0 Å². The van der Waals surface area contributed by atoms with Gasteiger partial charge >= 0.3 is 0 Å². The van der Waals surface area contributed by atoms with Crippen molar-refractivity contribution in [2.45, 2.75) is 31.8 Å². The number of hydrogen-bond acceptors (Lipinski definition) is 3. The third-order valence-corrected chi connectivity index (χ3v) is 4.87. The van der Waals surface area contributed by atoms with Gasteiger partial charge in [0.05, 0.1) is 6.61 Å². The maximum atomic E-state index is 12.4. The van der Waals surface area contributed by atoms with E-state index in [1.807, 2.05) is 18.2 Å². The summed E-state index contributed by atoms with van der Waals surface area (Å²) in [7, 11) is 0. The SMILES string of the molecule is O=C(NC[C@@H]1OCCc2ccccc21)c1cc2c([nH]c1=O)CCC2. The van der Waals surface area contributed by atoms with Gasteiger partial charge in [0.15, 0.2) is 0 Å². The number of hydrogen-bond donors (Lipinski definition) is 2. The van der Waals surface area contributed by atoms with Crippen LogP contribution in [0, 0.1) is 0 Å². The monoisotopic (exact) mass is 324 g/mol. The molecule has 0 saturated heterocycles. The minimum Gasteiger partial charge on any atom is -0.371 e. The number of aromatic amines is 1. The van der Waals surface area contributed by atoms with Crippen molar-refractivity contribution in [2.75, 3.05) is 13.2 Å². The number of carbonyl (C=O) groups excluding carboxylic acids is 1. The second-order valence-electron chi connectivity index (χ2n) is 6.39. The fourth-order valence-corrected chi connectivity index (χ4v) is 3.61. The number of aryl methyl sites for hydroxylation is 2. The number of nitrogens with one attached hydrogen (secondary N) is 2. The van der Waals surface area contributed by atoms with E-state index in [9.17, 15) is 9.59 Å². The third-order valence-electron chi connectivity index (χ3n) is 4.87. The van der Waals surface area contributed by atoms with Crippen LogP contribution in [0.5, 0.6) is 0 Å². The number of pyridine rings is 1. The van der Waals surface area contributed by atoms with Crippen LogP contribution >= 0.6 is 0 Å². The van der Waals surface area contributed by atoms with Gasteiger partial charge in [-0.25, -0.2) is 0 Å². The molecule has 1 aliphatic heterocycles. The summed E-state index contributed by atoms with van der Waals surface area (Å²) in [5, 5.41) is 2.86. The molecule has 1 atom stereocenters. The molecule has 0 unspecified atom stereocenters. The van der Waals surface area contributed by atoms with Gasteiger partial charge in [-0.3, -0.25) is 9.59 Å². The van der Waals surface area contributed by atoms with Crippen molar-refractivity contribution in [3.05, 3.63) is 68.6 Å². The van der Waals surface area contributed by atoms with Crippen LogP contribution in [0.25, 0.3) is 0 Å². The summed E-state index contributed by atoms with van der Waals surface area (Å²) in [6.45, 7) is 1.02. The first-order valence-corrected chi connectivity index (χ1v) is 8.45. The molecule has 2 heterocycles. The lowest BCUT2D eigenvalue weighted by Crippen LogP contribution is -2.35. The zero-order valence-corrected chi connectivity index (χ0v) is 13.4. The third kappa shape index (κ3) is 2.76. The number of fused-ring (bicyclic) bond motifs is 2. The molecule has 0 saturated carbocycles. The Morgan fingerprint density at radius 2 is 2.08 bits per heavy atom. The molecule has 24 heavy (non-hydrogen) atoms. The molecule has 4 rings (SSSR count). The van der Waals surface area contributed by atoms with Crippen LogP contribution < -0.4 is 10.9 Å². The van der Waals surface area contributed by atoms with Crippen LogP contribution in [0.1, 0.15) is 45.3 Å². The predicted octanol–water partition coefficient (Wildman–Crippen LogP) is 1.91. The largest absolute Gasteiger partial charge is 0.371 e. The van der Waals surface area contributed by atoms with E-state index in [1.54, 1.807) is 6.07 Å². The molecule has 2 aromatic rings. The number of benzene rings is 1. The highest BCUT2D eigenvalue weighted by Crippen LogP contribution is 2.26. The summed E-state index contributed by atoms with van der Waals surface area (Å²) >= 11 is 0. The quantitative estimate of drug-likeness (QED) is 0.906. The van der Waals surface area contributed by atoms with E-state index in [1.165, 1.54) is 5.56 Å². The van der Waals surface area contributed by atoms with Crippen LogP contribution in [-0.2, 0) is 24.0 Å². The number of rotatable bonds is 3. The van der Waals surface area contributed by atoms with Gasteiger partial charge in [-0.15, -0.1) is 0 Å². The molecule has 1 aliphatic carbocycles. The molecule has 5 heteroatoms. The van der Waals surface area contributed by atoms with E-state index in [-0.39, 0.29) is 23.1 Å². The molecule has 5 nitrogen and oxygen atoms in total. The zero-order valence-electron chi connectivity index (χ0n) is 13.4. The second-order valence-corrected chi connectivity index (χ2v) is 6.39. The van der Waals surface area contributed by atoms with Gasteiger partial charge in [0.2, 0.25) is 0 Å². The molecule has 1 amide bonds. The highest BCUT2D eigenvalue weighted by atomic mass is 16.5. The molecule has 0 bridgehead atoms. The van der Waals surface area contributed by atoms with Crippen molar-refractivity contribution >= 4 is 5.91 Å². The Morgan fingerprint density at radius 1 is 1.21 bits per heavy atom. The Kier molecular flexibility index (Phi) is 3.94. The zero-order chi connectivity index (χ0) is 16.5. The fourth-order valence-electron chi connectivity index (χ4n) is 3.61. The molecule has 0 spiro atoms. The fraction of sp³-hybridized carbons (Fsp3) is 0.368. The lowest BCUT2D eigenvalue weighted by molar-refractivity contribution is 0.0411. The highest BCUT2D eigenvalue weighted by Gasteiger charge is 2.22. The number of ether oxygens (including phenoxy) is 1. The van der Waals surface area contributed by atoms with Crippen molar-refractivity contribution in [1.29, 1.82) is 0 Å². The summed E-state index contributed by atoms with van der Waals surface area (Å²) in [6, 6.07) is 9.87. The molecule has 0 radical (unpaired) electrons. The van der Waals surface area contributed by atoms with E-state index in [2.05, 4.69) is 16.4 Å². The first-order chi connectivity index (χ1) is 11.7. The molecule has 2 N–H and O–H groups in total. The Balaban J connectivity index is 1.49. The average molecular weight is 324 g/mol. The summed E-state index contributed by atoms with van der Waals surface area (Å²) < 4.78 is 5.79. The van der Waals surface area contributed by atoms with Gasteiger partial charge in [-0.2, -0.15) is 0 Å². The smallest absolute Gasteiger partial charge is 0.261 e. The Hall–Kier alpha value is -2.40. The molecular formula is C19H20N2O3. The van der Waals surface area contributed by atoms with E-state index in [0.29, 0.717) is 13.2 Å². The van der Waals surface area contributed by atoms with E-state index in [0.717, 1.165) is 42.5 Å². The van der Waals surface area contributed by atoms with Crippen LogP contribution in [0.2, 0.25) is 0 Å². The van der Waals surface area contributed by atoms with Crippen LogP contribution in [0.4, 0.5) is 0 Å². The maximum absolute atomic E-state index is 12.4. The topological polar surface area (TPSA) is 71.2 Å². The van der Waals surface area contributed by atoms with Crippen molar-refractivity contribution in [3.63, 3.8) is 0 Å². The first kappa shape index (κ1) is 15.1.